The molecule has 28 heteroatoms. The number of alkyl halides is 1. The number of sulfone groups is 1. The number of fused-ring (bicyclic) bond motifs is 2. The van der Waals surface area contributed by atoms with Gasteiger partial charge >= 0.3 is 31.9 Å². The molecule has 0 unspecified atom stereocenters. The van der Waals surface area contributed by atoms with Gasteiger partial charge in [0.2, 0.25) is 21.9 Å². The minimum Gasteiger partial charge on any atom is -1.00 e. The summed E-state index contributed by atoms with van der Waals surface area (Å²) in [6.45, 7) is 21.8. The van der Waals surface area contributed by atoms with Crippen molar-refractivity contribution in [3.8, 4) is 40.2 Å². The van der Waals surface area contributed by atoms with Crippen LogP contribution in [0, 0.1) is 6.92 Å². The van der Waals surface area contributed by atoms with E-state index in [1.807, 2.05) is 43.4 Å². The standard InChI is InChI=1S/C28H33NO8S2.C22H32OSi.C19H18NP.C11H13F2NO4S.2FH.O2S/c1-28(2,21-5-10-24(34-3)11-6-21)22-7-12-25(13-8-22)37-39(32,33)18-16-29(15-17-38(4,30)31)23-9-14-26-27(19-23)36-20-35-26;1-17-9-11-18(12-10-17)22(5,6)19-13-15-20(16-14-19)23-24(7,8)21(2,3)4;1-20-21(17-11-5-2-6-12-17,18-13-7-3-8-14-18)19-15-9-4-10-16-19;12-3-4-14(5-6-19(13,15)16)9-1-2-10-11(7-9)18-8-17-10;;;1-3-2/h5-14,19H,15-18,20H2,1-4H3;9-16H,1-8H3;2-16H,1H3;1-2,7H,3-6,8H2;2*1H;/p-1. The Labute approximate surface area is 639 Å². The normalized spacial score (nSPS) is 12.3. The van der Waals surface area contributed by atoms with Gasteiger partial charge in [-0.3, -0.25) is 9.45 Å². The number of methoxy groups -OCH3 is 1. The third-order valence-electron chi connectivity index (χ3n) is 18.6. The average molecular weight is 1600 g/mol. The van der Waals surface area contributed by atoms with E-state index >= 15 is 0 Å². The molecule has 2 aliphatic heterocycles. The molecule has 0 bridgehead atoms. The molecule has 0 radical (unpaired) electrons. The van der Waals surface area contributed by atoms with Crippen molar-refractivity contribution in [3.63, 3.8) is 0 Å². The highest BCUT2D eigenvalue weighted by Crippen LogP contribution is 2.46. The van der Waals surface area contributed by atoms with Crippen molar-refractivity contribution in [1.82, 2.24) is 0 Å². The Balaban J connectivity index is 0.000000264. The number of aryl methyl sites for hydroxylation is 1. The number of hydrogen-bond donors (Lipinski definition) is 0. The topological polar surface area (TPSA) is 220 Å². The maximum absolute atomic E-state index is 12.9. The van der Waals surface area contributed by atoms with Gasteiger partial charge in [0.15, 0.2) is 23.0 Å². The molecule has 108 heavy (non-hydrogen) atoms. The molecule has 0 saturated carbocycles. The first kappa shape index (κ1) is 89.6. The van der Waals surface area contributed by atoms with E-state index in [0.29, 0.717) is 34.4 Å². The summed E-state index contributed by atoms with van der Waals surface area (Å²) in [7, 11) is -11.9. The van der Waals surface area contributed by atoms with Crippen LogP contribution in [0.3, 0.4) is 0 Å². The SMILES string of the molecule is CN=P(c1ccccc1)(c1ccccc1)c1ccccc1.COc1ccc(C(C)(C)c2ccc(OS(=O)(=O)CCN(CCS(C)(=O)=O)c3ccc4c(c3)OCO4)cc2)cc1.Cc1ccc(C(C)(C)c2ccc(O[Si](C)(C)C(C)(C)C)cc2)cc1.F.O=S(=O)(F)CCN(CCF)c1ccc2c(c1)OCO2.O=S=O.[F-]. The van der Waals surface area contributed by atoms with Crippen LogP contribution < -0.4 is 62.7 Å². The van der Waals surface area contributed by atoms with E-state index in [0.717, 1.165) is 28.9 Å². The smallest absolute Gasteiger partial charge is 0.335 e. The van der Waals surface area contributed by atoms with E-state index in [1.165, 1.54) is 37.5 Å². The Bertz CT molecular complexity index is 4660. The number of halogens is 4. The van der Waals surface area contributed by atoms with Crippen LogP contribution in [0.1, 0.15) is 76.3 Å². The van der Waals surface area contributed by atoms with Crippen molar-refractivity contribution in [2.75, 3.05) is 93.9 Å². The highest BCUT2D eigenvalue weighted by Gasteiger charge is 2.39. The number of anilines is 2. The van der Waals surface area contributed by atoms with Crippen LogP contribution in [-0.2, 0) is 52.6 Å². The van der Waals surface area contributed by atoms with Gasteiger partial charge in [-0.25, -0.2) is 12.8 Å². The molecule has 584 valence electrons. The molecule has 0 aromatic heterocycles. The number of rotatable bonds is 25. The van der Waals surface area contributed by atoms with Gasteiger partial charge in [0, 0.05) is 89.7 Å². The van der Waals surface area contributed by atoms with Crippen LogP contribution in [0.4, 0.5) is 24.4 Å². The quantitative estimate of drug-likeness (QED) is 0.0171. The minimum atomic E-state index is -4.58. The summed E-state index contributed by atoms with van der Waals surface area (Å²) < 4.78 is 155. The van der Waals surface area contributed by atoms with Crippen LogP contribution in [0.15, 0.2) is 229 Å². The van der Waals surface area contributed by atoms with E-state index in [4.69, 9.17) is 45.5 Å². The van der Waals surface area contributed by atoms with Gasteiger partial charge in [-0.05, 0) is 108 Å². The molecule has 0 amide bonds. The van der Waals surface area contributed by atoms with E-state index in [9.17, 15) is 33.5 Å². The lowest BCUT2D eigenvalue weighted by Crippen LogP contribution is -3.00. The average Bonchev–Trinajstić information content (AvgIpc) is 0.901. The van der Waals surface area contributed by atoms with Crippen molar-refractivity contribution in [2.24, 2.45) is 4.74 Å². The largest absolute Gasteiger partial charge is 1.00 e. The predicted octanol–water partition coefficient (Wildman–Crippen LogP) is 12.5. The maximum Gasteiger partial charge on any atom is 0.335 e. The Hall–Kier alpha value is -8.98. The van der Waals surface area contributed by atoms with Gasteiger partial charge in [-0.15, -0.1) is 3.89 Å². The van der Waals surface area contributed by atoms with Crippen molar-refractivity contribution in [1.29, 1.82) is 0 Å². The van der Waals surface area contributed by atoms with Gasteiger partial charge in [0.1, 0.15) is 39.5 Å². The molecule has 11 rings (SSSR count). The molecule has 0 fully saturated rings. The molecular formula is C80H97F4N3O15PS4Si-. The predicted molar refractivity (Wildman–Crippen MR) is 429 cm³/mol. The Morgan fingerprint density at radius 1 is 0.509 bits per heavy atom. The summed E-state index contributed by atoms with van der Waals surface area (Å²) in [5, 5.41) is 4.10. The fraction of sp³-hybridized carbons (Fsp3) is 0.325. The lowest BCUT2D eigenvalue weighted by Gasteiger charge is -2.36. The third-order valence-corrected chi connectivity index (χ3v) is 29.4. The number of nitrogens with zero attached hydrogens (tertiary/aromatic N) is 3. The molecule has 18 nitrogen and oxygen atoms in total. The first-order chi connectivity index (χ1) is 50.1. The van der Waals surface area contributed by atoms with Crippen LogP contribution in [0.2, 0.25) is 18.1 Å². The molecule has 9 aromatic rings. The monoisotopic (exact) mass is 1600 g/mol. The fourth-order valence-corrected chi connectivity index (χ4v) is 17.6. The lowest BCUT2D eigenvalue weighted by molar-refractivity contribution is -0.0000381. The third kappa shape index (κ3) is 25.3. The maximum atomic E-state index is 12.9. The zero-order chi connectivity index (χ0) is 77.6. The summed E-state index contributed by atoms with van der Waals surface area (Å²) in [4.78, 5) is 3.13. The van der Waals surface area contributed by atoms with Gasteiger partial charge in [0.25, 0.3) is 0 Å². The number of hydrogen-bond acceptors (Lipinski definition) is 18. The lowest BCUT2D eigenvalue weighted by atomic mass is 9.78. The van der Waals surface area contributed by atoms with Crippen LogP contribution in [0.5, 0.6) is 40.2 Å². The fourth-order valence-electron chi connectivity index (χ4n) is 11.3. The molecular weight excluding hydrogens is 1510 g/mol. The summed E-state index contributed by atoms with van der Waals surface area (Å²) in [6, 6.07) is 74.3. The van der Waals surface area contributed by atoms with Crippen LogP contribution in [-0.4, -0.2) is 126 Å². The van der Waals surface area contributed by atoms with E-state index in [-0.39, 0.29) is 82.3 Å². The second-order valence-electron chi connectivity index (χ2n) is 27.6. The molecule has 0 aliphatic carbocycles. The Kier molecular flexibility index (Phi) is 33.1. The van der Waals surface area contributed by atoms with Crippen LogP contribution in [0.25, 0.3) is 0 Å². The van der Waals surface area contributed by atoms with Gasteiger partial charge in [0.05, 0.1) is 25.7 Å². The van der Waals surface area contributed by atoms with Crippen molar-refractivity contribution in [3.05, 3.63) is 252 Å². The Morgan fingerprint density at radius 2 is 0.861 bits per heavy atom. The zero-order valence-electron chi connectivity index (χ0n) is 63.0. The van der Waals surface area contributed by atoms with Gasteiger partial charge in [-0.2, -0.15) is 25.3 Å². The minimum absolute atomic E-state index is 0. The van der Waals surface area contributed by atoms with Crippen molar-refractivity contribution < 1.29 is 83.6 Å². The number of benzene rings is 9. The molecule has 0 N–H and O–H groups in total. The first-order valence-corrected chi connectivity index (χ1v) is 44.7. The second-order valence-corrected chi connectivity index (χ2v) is 41.1. The Morgan fingerprint density at radius 3 is 1.22 bits per heavy atom. The molecule has 9 aromatic carbocycles. The highest BCUT2D eigenvalue weighted by atomic mass is 32.3. The summed E-state index contributed by atoms with van der Waals surface area (Å²) >= 11 is -0.750. The van der Waals surface area contributed by atoms with Crippen molar-refractivity contribution >= 4 is 84.4 Å². The van der Waals surface area contributed by atoms with Crippen LogP contribution >= 0.6 is 7.05 Å². The molecule has 2 aliphatic rings. The van der Waals surface area contributed by atoms with E-state index in [1.54, 1.807) is 60.5 Å². The van der Waals surface area contributed by atoms with Gasteiger partial charge in [-0.1, -0.05) is 206 Å². The molecule has 2 heterocycles. The zero-order valence-corrected chi connectivity index (χ0v) is 68.2. The highest BCUT2D eigenvalue weighted by molar-refractivity contribution is 7.90. The molecule has 0 atom stereocenters. The summed E-state index contributed by atoms with van der Waals surface area (Å²) in [5.41, 5.74) is 6.88. The molecule has 0 saturated heterocycles. The van der Waals surface area contributed by atoms with E-state index < -0.39 is 69.5 Å². The first-order valence-electron chi connectivity index (χ1n) is 34.2. The molecule has 0 spiro atoms. The van der Waals surface area contributed by atoms with Crippen molar-refractivity contribution in [2.45, 2.75) is 84.4 Å². The summed E-state index contributed by atoms with van der Waals surface area (Å²) in [5.74, 6) is 2.99. The summed E-state index contributed by atoms with van der Waals surface area (Å²) in [6.07, 6.45) is 1.14. The second kappa shape index (κ2) is 39.9. The van der Waals surface area contributed by atoms with E-state index in [2.05, 4.69) is 208 Å². The number of ether oxygens (including phenoxy) is 5. The van der Waals surface area contributed by atoms with Gasteiger partial charge < -0.3 is 46.8 Å².